The second kappa shape index (κ2) is 5.29. The number of nitrogen functional groups attached to an aromatic ring is 1. The van der Waals surface area contributed by atoms with Gasteiger partial charge in [0.05, 0.1) is 31.0 Å². The van der Waals surface area contributed by atoms with Gasteiger partial charge in [0, 0.05) is 20.1 Å². The van der Waals surface area contributed by atoms with Crippen molar-refractivity contribution < 1.29 is 9.64 Å². The zero-order chi connectivity index (χ0) is 12.3. The lowest BCUT2D eigenvalue weighted by atomic mass is 10.1. The number of nitrogens with zero attached hydrogens (tertiary/aromatic N) is 2. The number of hydrogen-bond donors (Lipinski definition) is 3. The number of nitrogens with one attached hydrogen (secondary N) is 2. The van der Waals surface area contributed by atoms with Crippen LogP contribution in [0.4, 0.5) is 11.8 Å². The van der Waals surface area contributed by atoms with E-state index in [2.05, 4.69) is 22.3 Å². The van der Waals surface area contributed by atoms with Crippen molar-refractivity contribution in [3.8, 4) is 0 Å². The summed E-state index contributed by atoms with van der Waals surface area (Å²) >= 11 is 0. The average Bonchev–Trinajstić information content (AvgIpc) is 2.31. The lowest BCUT2D eigenvalue weighted by Crippen LogP contribution is -3.06. The standard InChI is InChI=1S/C11H19N5O/c1-16-5-3-9-8(7-16)10(12)15-11(14-9)13-4-6-17-2/h16H,1,3-7H2,2H3,(H3,12,13,14,15). The molecule has 0 amide bonds. The molecule has 1 unspecified atom stereocenters. The minimum Gasteiger partial charge on any atom is -0.464 e. The van der Waals surface area contributed by atoms with Gasteiger partial charge in [-0.15, -0.1) is 0 Å². The van der Waals surface area contributed by atoms with E-state index >= 15 is 0 Å². The summed E-state index contributed by atoms with van der Waals surface area (Å²) in [5.41, 5.74) is 8.03. The van der Waals surface area contributed by atoms with E-state index in [4.69, 9.17) is 10.5 Å². The smallest absolute Gasteiger partial charge is 0.224 e. The number of ether oxygens (including phenoxy) is 1. The second-order valence-electron chi connectivity index (χ2n) is 4.20. The summed E-state index contributed by atoms with van der Waals surface area (Å²) in [6.45, 7) is 3.10. The van der Waals surface area contributed by atoms with Crippen LogP contribution in [0.3, 0.4) is 0 Å². The van der Waals surface area contributed by atoms with Crippen LogP contribution >= 0.6 is 0 Å². The van der Waals surface area contributed by atoms with E-state index in [0.29, 0.717) is 24.9 Å². The Bertz CT molecular complexity index is 396. The molecule has 1 aliphatic rings. The van der Waals surface area contributed by atoms with Gasteiger partial charge in [0.25, 0.3) is 0 Å². The van der Waals surface area contributed by atoms with Crippen molar-refractivity contribution in [1.29, 1.82) is 0 Å². The van der Waals surface area contributed by atoms with Gasteiger partial charge in [-0.2, -0.15) is 12.0 Å². The maximum atomic E-state index is 5.95. The molecule has 0 spiro atoms. The Hall–Kier alpha value is -1.40. The molecule has 1 aromatic heterocycles. The molecule has 1 aliphatic heterocycles. The summed E-state index contributed by atoms with van der Waals surface area (Å²) in [6, 6.07) is 0. The molecule has 1 aromatic rings. The van der Waals surface area contributed by atoms with Crippen molar-refractivity contribution in [2.75, 3.05) is 37.9 Å². The normalized spacial score (nSPS) is 18.8. The van der Waals surface area contributed by atoms with Gasteiger partial charge in [0.15, 0.2) is 0 Å². The Morgan fingerprint density at radius 2 is 2.35 bits per heavy atom. The summed E-state index contributed by atoms with van der Waals surface area (Å²) < 4.78 is 4.96. The predicted molar refractivity (Wildman–Crippen MR) is 65.4 cm³/mol. The van der Waals surface area contributed by atoms with Crippen molar-refractivity contribution in [2.24, 2.45) is 0 Å². The van der Waals surface area contributed by atoms with E-state index in [-0.39, 0.29) is 0 Å². The van der Waals surface area contributed by atoms with Gasteiger partial charge in [-0.05, 0) is 0 Å². The molecule has 0 fully saturated rings. The molecule has 0 saturated carbocycles. The van der Waals surface area contributed by atoms with Gasteiger partial charge in [0.1, 0.15) is 5.82 Å². The van der Waals surface area contributed by atoms with Crippen LogP contribution in [0, 0.1) is 7.05 Å². The highest BCUT2D eigenvalue weighted by molar-refractivity contribution is 5.47. The average molecular weight is 237 g/mol. The lowest BCUT2D eigenvalue weighted by molar-refractivity contribution is -0.870. The molecule has 1 atom stereocenters. The maximum absolute atomic E-state index is 5.95. The quantitative estimate of drug-likeness (QED) is 0.455. The fourth-order valence-electron chi connectivity index (χ4n) is 1.93. The molecular weight excluding hydrogens is 218 g/mol. The highest BCUT2D eigenvalue weighted by Crippen LogP contribution is 2.17. The number of quaternary nitrogens is 1. The Morgan fingerprint density at radius 3 is 3.12 bits per heavy atom. The summed E-state index contributed by atoms with van der Waals surface area (Å²) in [6.07, 6.45) is 0.903. The van der Waals surface area contributed by atoms with Crippen LogP contribution in [-0.4, -0.2) is 36.8 Å². The van der Waals surface area contributed by atoms with Crippen LogP contribution in [0.25, 0.3) is 0 Å². The Labute approximate surface area is 101 Å². The molecule has 0 saturated heterocycles. The van der Waals surface area contributed by atoms with E-state index in [9.17, 15) is 0 Å². The van der Waals surface area contributed by atoms with Gasteiger partial charge in [-0.25, -0.2) is 4.98 Å². The molecule has 4 N–H and O–H groups in total. The molecule has 6 nitrogen and oxygen atoms in total. The van der Waals surface area contributed by atoms with E-state index in [1.807, 2.05) is 0 Å². The third-order valence-electron chi connectivity index (χ3n) is 2.86. The number of aromatic nitrogens is 2. The van der Waals surface area contributed by atoms with Crippen molar-refractivity contribution in [1.82, 2.24) is 9.97 Å². The highest BCUT2D eigenvalue weighted by atomic mass is 16.5. The number of rotatable bonds is 4. The molecule has 2 heterocycles. The lowest BCUT2D eigenvalue weighted by Gasteiger charge is -2.27. The molecule has 94 valence electrons. The monoisotopic (exact) mass is 237 g/mol. The van der Waals surface area contributed by atoms with Gasteiger partial charge in [0.2, 0.25) is 5.95 Å². The van der Waals surface area contributed by atoms with Gasteiger partial charge in [-0.3, -0.25) is 0 Å². The van der Waals surface area contributed by atoms with E-state index < -0.39 is 0 Å². The first-order valence-electron chi connectivity index (χ1n) is 5.75. The largest absolute Gasteiger partial charge is 0.464 e. The zero-order valence-corrected chi connectivity index (χ0v) is 10.1. The third kappa shape index (κ3) is 2.83. The van der Waals surface area contributed by atoms with Crippen molar-refractivity contribution in [2.45, 2.75) is 13.0 Å². The van der Waals surface area contributed by atoms with Crippen molar-refractivity contribution in [3.05, 3.63) is 18.3 Å². The van der Waals surface area contributed by atoms with Crippen LogP contribution in [0.1, 0.15) is 11.3 Å². The molecule has 17 heavy (non-hydrogen) atoms. The Morgan fingerprint density at radius 1 is 1.53 bits per heavy atom. The third-order valence-corrected chi connectivity index (χ3v) is 2.86. The fraction of sp³-hybridized carbons (Fsp3) is 0.545. The van der Waals surface area contributed by atoms with Crippen LogP contribution in [0.5, 0.6) is 0 Å². The van der Waals surface area contributed by atoms with Gasteiger partial charge in [-0.1, -0.05) is 0 Å². The highest BCUT2D eigenvalue weighted by Gasteiger charge is 2.19. The Balaban J connectivity index is 2.13. The van der Waals surface area contributed by atoms with Crippen molar-refractivity contribution >= 4 is 11.8 Å². The minimum absolute atomic E-state index is 0.566. The predicted octanol–water partition coefficient (Wildman–Crippen LogP) is -1.15. The first-order chi connectivity index (χ1) is 8.20. The van der Waals surface area contributed by atoms with Crippen molar-refractivity contribution in [3.63, 3.8) is 0 Å². The summed E-state index contributed by atoms with van der Waals surface area (Å²) in [5.74, 6) is 1.15. The molecule has 0 aromatic carbocycles. The summed E-state index contributed by atoms with van der Waals surface area (Å²) in [7, 11) is 5.66. The van der Waals surface area contributed by atoms with E-state index in [1.54, 1.807) is 7.11 Å². The first kappa shape index (κ1) is 12.1. The minimum atomic E-state index is 0.566. The molecule has 0 radical (unpaired) electrons. The van der Waals surface area contributed by atoms with Crippen LogP contribution < -0.4 is 16.0 Å². The SMILES string of the molecule is [CH2-][NH+]1CCc2nc(NCCOC)nc(N)c2C1. The molecule has 6 heteroatoms. The Kier molecular flexibility index (Phi) is 3.75. The second-order valence-corrected chi connectivity index (χ2v) is 4.20. The maximum Gasteiger partial charge on any atom is 0.224 e. The van der Waals surface area contributed by atoms with E-state index in [1.165, 1.54) is 4.90 Å². The number of fused-ring (bicyclic) bond motifs is 1. The van der Waals surface area contributed by atoms with Crippen LogP contribution in [0.2, 0.25) is 0 Å². The molecular formula is C11H19N5O. The van der Waals surface area contributed by atoms with Crippen LogP contribution in [-0.2, 0) is 17.7 Å². The zero-order valence-electron chi connectivity index (χ0n) is 10.1. The summed E-state index contributed by atoms with van der Waals surface area (Å²) in [4.78, 5) is 9.93. The number of methoxy groups -OCH3 is 1. The number of anilines is 2. The summed E-state index contributed by atoms with van der Waals surface area (Å²) in [5, 5.41) is 3.10. The molecule has 0 bridgehead atoms. The number of hydrogen-bond acceptors (Lipinski definition) is 5. The first-order valence-corrected chi connectivity index (χ1v) is 5.75. The van der Waals surface area contributed by atoms with E-state index in [0.717, 1.165) is 30.8 Å². The number of nitrogens with two attached hydrogens (primary N) is 1. The van der Waals surface area contributed by atoms with Gasteiger partial charge < -0.3 is 20.7 Å². The van der Waals surface area contributed by atoms with Gasteiger partial charge >= 0.3 is 0 Å². The molecule has 0 aliphatic carbocycles. The fourth-order valence-corrected chi connectivity index (χ4v) is 1.93. The molecule has 2 rings (SSSR count). The topological polar surface area (TPSA) is 77.5 Å². The van der Waals surface area contributed by atoms with Crippen LogP contribution in [0.15, 0.2) is 0 Å².